The minimum Gasteiger partial charge on any atom is -0.469 e. The standard InChI is InChI=1S/C12H17N3O2S/c1-17-11(16)9-4-6-15(7-5-9)12-13-10(14-18-12)8-2-3-8/h8-9H,2-7H2,1H3. The van der Waals surface area contributed by atoms with Gasteiger partial charge in [0.15, 0.2) is 0 Å². The SMILES string of the molecule is COC(=O)C1CCN(c2nc(C3CC3)ns2)CC1. The van der Waals surface area contributed by atoms with Crippen LogP contribution in [0.25, 0.3) is 0 Å². The zero-order chi connectivity index (χ0) is 12.5. The highest BCUT2D eigenvalue weighted by molar-refractivity contribution is 7.09. The molecule has 6 heteroatoms. The van der Waals surface area contributed by atoms with Gasteiger partial charge >= 0.3 is 5.97 Å². The highest BCUT2D eigenvalue weighted by atomic mass is 32.1. The third-order valence-corrected chi connectivity index (χ3v) is 4.46. The highest BCUT2D eigenvalue weighted by Gasteiger charge is 2.30. The molecular formula is C12H17N3O2S. The Hall–Kier alpha value is -1.17. The van der Waals surface area contributed by atoms with E-state index in [1.165, 1.54) is 31.5 Å². The zero-order valence-corrected chi connectivity index (χ0v) is 11.3. The fraction of sp³-hybridized carbons (Fsp3) is 0.750. The smallest absolute Gasteiger partial charge is 0.308 e. The van der Waals surface area contributed by atoms with Crippen molar-refractivity contribution in [3.05, 3.63) is 5.82 Å². The highest BCUT2D eigenvalue weighted by Crippen LogP contribution is 2.40. The molecular weight excluding hydrogens is 250 g/mol. The lowest BCUT2D eigenvalue weighted by Crippen LogP contribution is -2.36. The van der Waals surface area contributed by atoms with Gasteiger partial charge in [-0.25, -0.2) is 4.98 Å². The van der Waals surface area contributed by atoms with E-state index in [0.29, 0.717) is 5.92 Å². The quantitative estimate of drug-likeness (QED) is 0.782. The maximum absolute atomic E-state index is 11.4. The first kappa shape index (κ1) is 11.9. The summed E-state index contributed by atoms with van der Waals surface area (Å²) < 4.78 is 9.21. The summed E-state index contributed by atoms with van der Waals surface area (Å²) in [5.74, 6) is 1.61. The number of hydrogen-bond acceptors (Lipinski definition) is 6. The molecule has 1 aliphatic carbocycles. The van der Waals surface area contributed by atoms with E-state index in [1.807, 2.05) is 0 Å². The molecule has 1 aromatic heterocycles. The van der Waals surface area contributed by atoms with Gasteiger partial charge in [0.05, 0.1) is 13.0 Å². The van der Waals surface area contributed by atoms with Crippen LogP contribution in [-0.4, -0.2) is 35.5 Å². The number of esters is 1. The Labute approximate surface area is 110 Å². The van der Waals surface area contributed by atoms with Gasteiger partial charge in [-0.15, -0.1) is 0 Å². The fourth-order valence-corrected chi connectivity index (χ4v) is 3.13. The third-order valence-electron chi connectivity index (χ3n) is 3.67. The second-order valence-corrected chi connectivity index (χ2v) is 5.72. The molecule has 2 aliphatic rings. The van der Waals surface area contributed by atoms with Crippen molar-refractivity contribution in [2.45, 2.75) is 31.6 Å². The lowest BCUT2D eigenvalue weighted by Gasteiger charge is -2.29. The predicted molar refractivity (Wildman–Crippen MR) is 68.8 cm³/mol. The van der Waals surface area contributed by atoms with Crippen molar-refractivity contribution in [1.82, 2.24) is 9.36 Å². The van der Waals surface area contributed by atoms with Crippen molar-refractivity contribution in [3.63, 3.8) is 0 Å². The molecule has 0 aromatic carbocycles. The monoisotopic (exact) mass is 267 g/mol. The summed E-state index contributed by atoms with van der Waals surface area (Å²) in [7, 11) is 1.46. The van der Waals surface area contributed by atoms with Gasteiger partial charge in [0, 0.05) is 30.5 Å². The normalized spacial score (nSPS) is 21.1. The molecule has 0 amide bonds. The fourth-order valence-electron chi connectivity index (χ4n) is 2.34. The zero-order valence-electron chi connectivity index (χ0n) is 10.5. The van der Waals surface area contributed by atoms with E-state index in [-0.39, 0.29) is 11.9 Å². The number of hydrogen-bond donors (Lipinski definition) is 0. The Bertz CT molecular complexity index is 436. The van der Waals surface area contributed by atoms with E-state index >= 15 is 0 Å². The van der Waals surface area contributed by atoms with Crippen LogP contribution in [-0.2, 0) is 9.53 Å². The number of rotatable bonds is 3. The lowest BCUT2D eigenvalue weighted by atomic mass is 9.97. The first-order chi connectivity index (χ1) is 8.78. The number of piperidine rings is 1. The van der Waals surface area contributed by atoms with Crippen LogP contribution < -0.4 is 4.90 Å². The van der Waals surface area contributed by atoms with Crippen LogP contribution in [0.4, 0.5) is 5.13 Å². The molecule has 0 unspecified atom stereocenters. The molecule has 3 rings (SSSR count). The average molecular weight is 267 g/mol. The van der Waals surface area contributed by atoms with Crippen molar-refractivity contribution >= 4 is 22.6 Å². The molecule has 18 heavy (non-hydrogen) atoms. The molecule has 1 saturated carbocycles. The Balaban J connectivity index is 1.59. The predicted octanol–water partition coefficient (Wildman–Crippen LogP) is 1.80. The molecule has 0 bridgehead atoms. The van der Waals surface area contributed by atoms with Crippen molar-refractivity contribution in [2.75, 3.05) is 25.1 Å². The molecule has 0 atom stereocenters. The molecule has 1 aliphatic heterocycles. The second-order valence-electron chi connectivity index (χ2n) is 4.99. The minimum atomic E-state index is -0.0782. The van der Waals surface area contributed by atoms with E-state index in [4.69, 9.17) is 4.74 Å². The van der Waals surface area contributed by atoms with Gasteiger partial charge in [-0.2, -0.15) is 4.37 Å². The molecule has 1 aromatic rings. The topological polar surface area (TPSA) is 55.3 Å². The second kappa shape index (κ2) is 4.84. The number of methoxy groups -OCH3 is 1. The van der Waals surface area contributed by atoms with Crippen molar-refractivity contribution in [1.29, 1.82) is 0 Å². The van der Waals surface area contributed by atoms with E-state index in [9.17, 15) is 4.79 Å². The van der Waals surface area contributed by atoms with Gasteiger partial charge in [0.1, 0.15) is 5.82 Å². The lowest BCUT2D eigenvalue weighted by molar-refractivity contribution is -0.146. The molecule has 0 radical (unpaired) electrons. The Morgan fingerprint density at radius 1 is 1.33 bits per heavy atom. The first-order valence-corrected chi connectivity index (χ1v) is 7.21. The van der Waals surface area contributed by atoms with Crippen molar-refractivity contribution in [3.8, 4) is 0 Å². The summed E-state index contributed by atoms with van der Waals surface area (Å²) in [6.45, 7) is 1.75. The minimum absolute atomic E-state index is 0.0575. The van der Waals surface area contributed by atoms with Gasteiger partial charge in [-0.3, -0.25) is 4.79 Å². The molecule has 0 spiro atoms. The van der Waals surface area contributed by atoms with Gasteiger partial charge in [0.2, 0.25) is 5.13 Å². The van der Waals surface area contributed by atoms with Crippen molar-refractivity contribution < 1.29 is 9.53 Å². The number of carbonyl (C=O) groups is 1. The van der Waals surface area contributed by atoms with Crippen LogP contribution in [0.3, 0.4) is 0 Å². The van der Waals surface area contributed by atoms with Crippen LogP contribution in [0.5, 0.6) is 0 Å². The van der Waals surface area contributed by atoms with Gasteiger partial charge in [0.25, 0.3) is 0 Å². The number of ether oxygens (including phenoxy) is 1. The molecule has 98 valence electrons. The first-order valence-electron chi connectivity index (χ1n) is 6.44. The summed E-state index contributed by atoms with van der Waals surface area (Å²) in [6, 6.07) is 0. The summed E-state index contributed by atoms with van der Waals surface area (Å²) >= 11 is 1.49. The maximum Gasteiger partial charge on any atom is 0.308 e. The summed E-state index contributed by atoms with van der Waals surface area (Å²) in [4.78, 5) is 18.3. The van der Waals surface area contributed by atoms with Crippen LogP contribution in [0, 0.1) is 5.92 Å². The molecule has 2 heterocycles. The van der Waals surface area contributed by atoms with Gasteiger partial charge in [-0.05, 0) is 25.7 Å². The van der Waals surface area contributed by atoms with Crippen molar-refractivity contribution in [2.24, 2.45) is 5.92 Å². The van der Waals surface area contributed by atoms with Gasteiger partial charge in [-0.1, -0.05) is 0 Å². The molecule has 0 N–H and O–H groups in total. The number of carbonyl (C=O) groups excluding carboxylic acids is 1. The Kier molecular flexibility index (Phi) is 3.20. The number of aromatic nitrogens is 2. The van der Waals surface area contributed by atoms with E-state index < -0.39 is 0 Å². The number of nitrogens with zero attached hydrogens (tertiary/aromatic N) is 3. The average Bonchev–Trinajstić information content (AvgIpc) is 3.16. The Morgan fingerprint density at radius 2 is 2.06 bits per heavy atom. The van der Waals surface area contributed by atoms with Crippen LogP contribution in [0.1, 0.15) is 37.4 Å². The van der Waals surface area contributed by atoms with Crippen LogP contribution in [0.2, 0.25) is 0 Å². The maximum atomic E-state index is 11.4. The summed E-state index contributed by atoms with van der Waals surface area (Å²) in [5, 5.41) is 1.01. The van der Waals surface area contributed by atoms with Crippen LogP contribution >= 0.6 is 11.5 Å². The summed E-state index contributed by atoms with van der Waals surface area (Å²) in [5.41, 5.74) is 0. The molecule has 1 saturated heterocycles. The third kappa shape index (κ3) is 2.34. The van der Waals surface area contributed by atoms with Crippen LogP contribution in [0.15, 0.2) is 0 Å². The number of anilines is 1. The summed E-state index contributed by atoms with van der Waals surface area (Å²) in [6.07, 6.45) is 4.18. The molecule has 5 nitrogen and oxygen atoms in total. The van der Waals surface area contributed by atoms with E-state index in [2.05, 4.69) is 14.3 Å². The Morgan fingerprint density at radius 3 is 2.67 bits per heavy atom. The van der Waals surface area contributed by atoms with E-state index in [0.717, 1.165) is 36.9 Å². The van der Waals surface area contributed by atoms with Gasteiger partial charge < -0.3 is 9.64 Å². The molecule has 2 fully saturated rings. The van der Waals surface area contributed by atoms with E-state index in [1.54, 1.807) is 0 Å². The largest absolute Gasteiger partial charge is 0.469 e.